The lowest BCUT2D eigenvalue weighted by Crippen LogP contribution is -2.35. The number of rotatable bonds is 7. The maximum absolute atomic E-state index is 13.1. The molecule has 2 N–H and O–H groups in total. The Hall–Kier alpha value is -3.82. The fourth-order valence-corrected chi connectivity index (χ4v) is 4.45. The highest BCUT2D eigenvalue weighted by Gasteiger charge is 2.19. The third kappa shape index (κ3) is 5.53. The monoisotopic (exact) mass is 485 g/mol. The SMILES string of the molecule is CN(C)Cc1cncc(-c2ccc3[nH]nc(C(=O)Nc4ccc(OC5CCN(C)CC5)nc4)c3c2)c1. The van der Waals surface area contributed by atoms with Gasteiger partial charge in [-0.05, 0) is 69.4 Å². The molecule has 1 aliphatic heterocycles. The van der Waals surface area contributed by atoms with Gasteiger partial charge in [-0.2, -0.15) is 5.10 Å². The number of nitrogens with zero attached hydrogens (tertiary/aromatic N) is 5. The van der Waals surface area contributed by atoms with Crippen LogP contribution in [0, 0.1) is 0 Å². The van der Waals surface area contributed by atoms with Crippen LogP contribution in [0.1, 0.15) is 28.9 Å². The molecule has 0 atom stereocenters. The molecule has 0 spiro atoms. The maximum Gasteiger partial charge on any atom is 0.276 e. The highest BCUT2D eigenvalue weighted by atomic mass is 16.5. The minimum atomic E-state index is -0.302. The molecule has 1 amide bonds. The van der Waals surface area contributed by atoms with Crippen molar-refractivity contribution in [1.82, 2.24) is 30.0 Å². The first-order chi connectivity index (χ1) is 17.4. The average molecular weight is 486 g/mol. The Kier molecular flexibility index (Phi) is 6.92. The summed E-state index contributed by atoms with van der Waals surface area (Å²) in [6.45, 7) is 2.85. The van der Waals surface area contributed by atoms with E-state index in [0.29, 0.717) is 17.3 Å². The van der Waals surface area contributed by atoms with Gasteiger partial charge in [0.25, 0.3) is 5.91 Å². The summed E-state index contributed by atoms with van der Waals surface area (Å²) >= 11 is 0. The quantitative estimate of drug-likeness (QED) is 0.411. The summed E-state index contributed by atoms with van der Waals surface area (Å²) in [6.07, 6.45) is 7.47. The molecule has 4 heterocycles. The fourth-order valence-electron chi connectivity index (χ4n) is 4.45. The number of aromatic nitrogens is 4. The second-order valence-corrected chi connectivity index (χ2v) is 9.61. The predicted octanol–water partition coefficient (Wildman–Crippen LogP) is 3.81. The number of H-pyrrole nitrogens is 1. The van der Waals surface area contributed by atoms with E-state index < -0.39 is 0 Å². The van der Waals surface area contributed by atoms with Gasteiger partial charge >= 0.3 is 0 Å². The lowest BCUT2D eigenvalue weighted by Gasteiger charge is -2.28. The van der Waals surface area contributed by atoms with Crippen molar-refractivity contribution in [3.8, 4) is 17.0 Å². The van der Waals surface area contributed by atoms with Crippen LogP contribution in [0.4, 0.5) is 5.69 Å². The number of anilines is 1. The van der Waals surface area contributed by atoms with Gasteiger partial charge in [0.1, 0.15) is 6.10 Å². The van der Waals surface area contributed by atoms with E-state index in [9.17, 15) is 4.79 Å². The Morgan fingerprint density at radius 2 is 1.94 bits per heavy atom. The second kappa shape index (κ2) is 10.4. The molecular weight excluding hydrogens is 454 g/mol. The van der Waals surface area contributed by atoms with Crippen molar-refractivity contribution < 1.29 is 9.53 Å². The average Bonchev–Trinajstić information content (AvgIpc) is 3.30. The zero-order valence-electron chi connectivity index (χ0n) is 20.9. The normalized spacial score (nSPS) is 14.9. The summed E-state index contributed by atoms with van der Waals surface area (Å²) < 4.78 is 6.00. The predicted molar refractivity (Wildman–Crippen MR) is 140 cm³/mol. The van der Waals surface area contributed by atoms with Crippen molar-refractivity contribution in [2.75, 3.05) is 39.5 Å². The summed E-state index contributed by atoms with van der Waals surface area (Å²) in [7, 11) is 6.18. The second-order valence-electron chi connectivity index (χ2n) is 9.61. The number of ether oxygens (including phenoxy) is 1. The molecule has 36 heavy (non-hydrogen) atoms. The molecule has 186 valence electrons. The third-order valence-corrected chi connectivity index (χ3v) is 6.35. The summed E-state index contributed by atoms with van der Waals surface area (Å²) in [5.74, 6) is 0.270. The molecule has 1 aliphatic rings. The molecule has 1 fully saturated rings. The van der Waals surface area contributed by atoms with Gasteiger partial charge in [0.2, 0.25) is 5.88 Å². The summed E-state index contributed by atoms with van der Waals surface area (Å²) in [5.41, 5.74) is 4.80. The van der Waals surface area contributed by atoms with Gasteiger partial charge in [-0.3, -0.25) is 14.9 Å². The molecule has 5 rings (SSSR count). The summed E-state index contributed by atoms with van der Waals surface area (Å²) in [6, 6.07) is 11.6. The van der Waals surface area contributed by atoms with Gasteiger partial charge in [0.05, 0.1) is 17.4 Å². The number of hydrogen-bond acceptors (Lipinski definition) is 7. The largest absolute Gasteiger partial charge is 0.474 e. The molecule has 3 aromatic heterocycles. The van der Waals surface area contributed by atoms with Crippen LogP contribution in [-0.2, 0) is 6.54 Å². The molecule has 9 heteroatoms. The number of carbonyl (C=O) groups excluding carboxylic acids is 1. The summed E-state index contributed by atoms with van der Waals surface area (Å²) in [4.78, 5) is 26.2. The topological polar surface area (TPSA) is 99.3 Å². The van der Waals surface area contributed by atoms with Gasteiger partial charge in [0.15, 0.2) is 5.69 Å². The van der Waals surface area contributed by atoms with Gasteiger partial charge in [0, 0.05) is 49.0 Å². The highest BCUT2D eigenvalue weighted by molar-refractivity contribution is 6.11. The molecule has 0 radical (unpaired) electrons. The first kappa shape index (κ1) is 23.9. The van der Waals surface area contributed by atoms with E-state index in [2.05, 4.69) is 48.4 Å². The van der Waals surface area contributed by atoms with E-state index in [4.69, 9.17) is 4.74 Å². The van der Waals surface area contributed by atoms with Crippen LogP contribution >= 0.6 is 0 Å². The first-order valence-electron chi connectivity index (χ1n) is 12.1. The van der Waals surface area contributed by atoms with Crippen molar-refractivity contribution >= 4 is 22.5 Å². The smallest absolute Gasteiger partial charge is 0.276 e. The first-order valence-corrected chi connectivity index (χ1v) is 12.1. The molecule has 0 saturated carbocycles. The van der Waals surface area contributed by atoms with Crippen molar-refractivity contribution in [3.63, 3.8) is 0 Å². The van der Waals surface area contributed by atoms with Gasteiger partial charge in [-0.25, -0.2) is 4.98 Å². The standard InChI is InChI=1S/C27H31N7O2/c1-33(2)17-18-12-20(15-28-14-18)19-4-6-24-23(13-19)26(32-31-24)27(35)30-21-5-7-25(29-16-21)36-22-8-10-34(3)11-9-22/h4-7,12-16,22H,8-11,17H2,1-3H3,(H,30,35)(H,31,32). The number of nitrogens with one attached hydrogen (secondary N) is 2. The van der Waals surface area contributed by atoms with E-state index >= 15 is 0 Å². The van der Waals surface area contributed by atoms with Crippen LogP contribution in [0.3, 0.4) is 0 Å². The Balaban J connectivity index is 1.30. The van der Waals surface area contributed by atoms with Crippen molar-refractivity contribution in [3.05, 3.63) is 66.2 Å². The molecule has 0 unspecified atom stereocenters. The number of aromatic amines is 1. The number of carbonyl (C=O) groups is 1. The van der Waals surface area contributed by atoms with Gasteiger partial charge < -0.3 is 19.9 Å². The highest BCUT2D eigenvalue weighted by Crippen LogP contribution is 2.26. The summed E-state index contributed by atoms with van der Waals surface area (Å²) in [5, 5.41) is 10.9. The Morgan fingerprint density at radius 1 is 1.11 bits per heavy atom. The van der Waals surface area contributed by atoms with Crippen LogP contribution in [0.25, 0.3) is 22.0 Å². The number of likely N-dealkylation sites (tertiary alicyclic amines) is 1. The zero-order chi connectivity index (χ0) is 25.1. The number of amides is 1. The lowest BCUT2D eigenvalue weighted by atomic mass is 10.0. The van der Waals surface area contributed by atoms with Crippen molar-refractivity contribution in [2.24, 2.45) is 0 Å². The molecule has 9 nitrogen and oxygen atoms in total. The number of fused-ring (bicyclic) bond motifs is 1. The number of pyridine rings is 2. The van der Waals surface area contributed by atoms with Crippen molar-refractivity contribution in [2.45, 2.75) is 25.5 Å². The van der Waals surface area contributed by atoms with Crippen LogP contribution < -0.4 is 10.1 Å². The Labute approximate surface area is 210 Å². The van der Waals surface area contributed by atoms with Crippen LogP contribution in [0.2, 0.25) is 0 Å². The molecule has 4 aromatic rings. The van der Waals surface area contributed by atoms with Crippen LogP contribution in [-0.4, -0.2) is 76.2 Å². The molecule has 1 aromatic carbocycles. The fraction of sp³-hybridized carbons (Fsp3) is 0.333. The van der Waals surface area contributed by atoms with Crippen LogP contribution in [0.5, 0.6) is 5.88 Å². The molecule has 1 saturated heterocycles. The number of benzene rings is 1. The minimum absolute atomic E-state index is 0.178. The Morgan fingerprint density at radius 3 is 2.69 bits per heavy atom. The maximum atomic E-state index is 13.1. The molecule has 0 bridgehead atoms. The zero-order valence-corrected chi connectivity index (χ0v) is 20.9. The number of hydrogen-bond donors (Lipinski definition) is 2. The van der Waals surface area contributed by atoms with Gasteiger partial charge in [-0.15, -0.1) is 0 Å². The van der Waals surface area contributed by atoms with E-state index in [-0.39, 0.29) is 12.0 Å². The van der Waals surface area contributed by atoms with E-state index in [1.165, 1.54) is 0 Å². The number of piperidine rings is 1. The molecular formula is C27H31N7O2. The minimum Gasteiger partial charge on any atom is -0.474 e. The Bertz CT molecular complexity index is 1340. The van der Waals surface area contributed by atoms with Crippen molar-refractivity contribution in [1.29, 1.82) is 0 Å². The van der Waals surface area contributed by atoms with E-state index in [1.807, 2.05) is 44.7 Å². The lowest BCUT2D eigenvalue weighted by molar-refractivity contribution is 0.102. The van der Waals surface area contributed by atoms with Gasteiger partial charge in [-0.1, -0.05) is 6.07 Å². The third-order valence-electron chi connectivity index (χ3n) is 6.35. The van der Waals surface area contributed by atoms with E-state index in [1.54, 1.807) is 18.3 Å². The van der Waals surface area contributed by atoms with Crippen LogP contribution in [0.15, 0.2) is 55.0 Å². The molecule has 0 aliphatic carbocycles. The van der Waals surface area contributed by atoms with E-state index in [0.717, 1.165) is 60.1 Å².